The van der Waals surface area contributed by atoms with Crippen LogP contribution in [0.2, 0.25) is 0 Å². The van der Waals surface area contributed by atoms with E-state index in [-0.39, 0.29) is 11.9 Å². The molecule has 0 aliphatic rings. The summed E-state index contributed by atoms with van der Waals surface area (Å²) in [4.78, 5) is 18.9. The fourth-order valence-electron chi connectivity index (χ4n) is 2.18. The van der Waals surface area contributed by atoms with Crippen LogP contribution in [0.4, 0.5) is 5.69 Å². The number of aryl methyl sites for hydroxylation is 1. The minimum absolute atomic E-state index is 0.0135. The number of aromatic nitrogens is 1. The van der Waals surface area contributed by atoms with Crippen molar-refractivity contribution in [2.75, 3.05) is 5.73 Å². The molecule has 1 aromatic heterocycles. The molecule has 110 valence electrons. The lowest BCUT2D eigenvalue weighted by molar-refractivity contribution is 0.0687. The fraction of sp³-hybridized carbons (Fsp3) is 0.294. The predicted molar refractivity (Wildman–Crippen MR) is 84.8 cm³/mol. The molecule has 0 radical (unpaired) electrons. The van der Waals surface area contributed by atoms with E-state index >= 15 is 0 Å². The van der Waals surface area contributed by atoms with Gasteiger partial charge in [0.15, 0.2) is 0 Å². The molecule has 0 saturated carbocycles. The van der Waals surface area contributed by atoms with E-state index < -0.39 is 0 Å². The number of hydrogen-bond acceptors (Lipinski definition) is 3. The highest BCUT2D eigenvalue weighted by Gasteiger charge is 2.21. The molecule has 21 heavy (non-hydrogen) atoms. The maximum atomic E-state index is 12.8. The molecule has 0 spiro atoms. The van der Waals surface area contributed by atoms with Crippen molar-refractivity contribution in [2.24, 2.45) is 0 Å². The smallest absolute Gasteiger partial charge is 0.254 e. The lowest BCUT2D eigenvalue weighted by Gasteiger charge is -2.27. The second-order valence-electron chi connectivity index (χ2n) is 5.42. The Morgan fingerprint density at radius 2 is 2.05 bits per heavy atom. The monoisotopic (exact) mass is 283 g/mol. The lowest BCUT2D eigenvalue weighted by Crippen LogP contribution is -2.37. The van der Waals surface area contributed by atoms with E-state index in [1.165, 1.54) is 0 Å². The first-order valence-corrected chi connectivity index (χ1v) is 7.06. The second kappa shape index (κ2) is 6.39. The Labute approximate surface area is 125 Å². The van der Waals surface area contributed by atoms with E-state index in [1.54, 1.807) is 12.3 Å². The van der Waals surface area contributed by atoms with E-state index in [2.05, 4.69) is 4.98 Å². The third-order valence-electron chi connectivity index (χ3n) is 3.43. The van der Waals surface area contributed by atoms with E-state index in [0.29, 0.717) is 17.8 Å². The third kappa shape index (κ3) is 3.60. The van der Waals surface area contributed by atoms with Crippen LogP contribution in [-0.2, 0) is 6.54 Å². The molecule has 1 amide bonds. The van der Waals surface area contributed by atoms with Gasteiger partial charge in [-0.25, -0.2) is 0 Å². The van der Waals surface area contributed by atoms with Gasteiger partial charge in [-0.2, -0.15) is 0 Å². The summed E-state index contributed by atoms with van der Waals surface area (Å²) >= 11 is 0. The minimum Gasteiger partial charge on any atom is -0.399 e. The number of amides is 1. The first kappa shape index (κ1) is 15.0. The molecular weight excluding hydrogens is 262 g/mol. The number of rotatable bonds is 4. The number of carbonyl (C=O) groups is 1. The normalized spacial score (nSPS) is 10.7. The van der Waals surface area contributed by atoms with Gasteiger partial charge in [-0.3, -0.25) is 9.78 Å². The molecule has 0 bridgehead atoms. The van der Waals surface area contributed by atoms with Crippen molar-refractivity contribution in [1.82, 2.24) is 9.88 Å². The summed E-state index contributed by atoms with van der Waals surface area (Å²) in [5, 5.41) is 0. The van der Waals surface area contributed by atoms with Crippen LogP contribution < -0.4 is 5.73 Å². The molecule has 0 aliphatic carbocycles. The van der Waals surface area contributed by atoms with Crippen LogP contribution in [0.25, 0.3) is 0 Å². The molecule has 1 heterocycles. The minimum atomic E-state index is -0.0135. The van der Waals surface area contributed by atoms with Crippen molar-refractivity contribution in [3.05, 3.63) is 59.4 Å². The molecule has 4 heteroatoms. The van der Waals surface area contributed by atoms with Crippen molar-refractivity contribution >= 4 is 11.6 Å². The fourth-order valence-corrected chi connectivity index (χ4v) is 2.18. The Morgan fingerprint density at radius 3 is 2.67 bits per heavy atom. The summed E-state index contributed by atoms with van der Waals surface area (Å²) in [5.41, 5.74) is 8.87. The van der Waals surface area contributed by atoms with Gasteiger partial charge in [-0.1, -0.05) is 12.1 Å². The Balaban J connectivity index is 2.30. The summed E-state index contributed by atoms with van der Waals surface area (Å²) in [6.07, 6.45) is 1.74. The maximum absolute atomic E-state index is 12.8. The number of benzene rings is 1. The molecule has 2 rings (SSSR count). The highest BCUT2D eigenvalue weighted by molar-refractivity contribution is 5.96. The van der Waals surface area contributed by atoms with Crippen LogP contribution in [-0.4, -0.2) is 21.8 Å². The predicted octanol–water partition coefficient (Wildman–Crippen LogP) is 3.02. The SMILES string of the molecule is Cc1ccc(N)cc1C(=O)N(Cc1ccccn1)C(C)C. The van der Waals surface area contributed by atoms with E-state index in [4.69, 9.17) is 5.73 Å². The molecule has 0 unspecified atom stereocenters. The summed E-state index contributed by atoms with van der Waals surface area (Å²) in [5.74, 6) is -0.0135. The number of hydrogen-bond donors (Lipinski definition) is 1. The van der Waals surface area contributed by atoms with Gasteiger partial charge in [0.2, 0.25) is 0 Å². The summed E-state index contributed by atoms with van der Waals surface area (Å²) in [7, 11) is 0. The Bertz CT molecular complexity index is 623. The zero-order valence-corrected chi connectivity index (χ0v) is 12.7. The topological polar surface area (TPSA) is 59.2 Å². The van der Waals surface area contributed by atoms with Crippen LogP contribution in [0, 0.1) is 6.92 Å². The number of carbonyl (C=O) groups excluding carboxylic acids is 1. The van der Waals surface area contributed by atoms with E-state index in [9.17, 15) is 4.79 Å². The molecular formula is C17H21N3O. The molecule has 0 aliphatic heterocycles. The average molecular weight is 283 g/mol. The van der Waals surface area contributed by atoms with Gasteiger partial charge in [0, 0.05) is 23.5 Å². The van der Waals surface area contributed by atoms with Gasteiger partial charge in [0.25, 0.3) is 5.91 Å². The van der Waals surface area contributed by atoms with Gasteiger partial charge >= 0.3 is 0 Å². The Morgan fingerprint density at radius 1 is 1.29 bits per heavy atom. The first-order chi connectivity index (χ1) is 9.99. The zero-order valence-electron chi connectivity index (χ0n) is 12.7. The lowest BCUT2D eigenvalue weighted by atomic mass is 10.1. The van der Waals surface area contributed by atoms with Gasteiger partial charge in [0.05, 0.1) is 12.2 Å². The molecule has 2 N–H and O–H groups in total. The summed E-state index contributed by atoms with van der Waals surface area (Å²) in [6.45, 7) is 6.42. The van der Waals surface area contributed by atoms with Gasteiger partial charge < -0.3 is 10.6 Å². The Hall–Kier alpha value is -2.36. The van der Waals surface area contributed by atoms with Crippen LogP contribution in [0.15, 0.2) is 42.6 Å². The highest BCUT2D eigenvalue weighted by Crippen LogP contribution is 2.18. The number of nitrogens with zero attached hydrogens (tertiary/aromatic N) is 2. The number of nitrogens with two attached hydrogens (primary N) is 1. The van der Waals surface area contributed by atoms with Gasteiger partial charge in [-0.05, 0) is 50.6 Å². The second-order valence-corrected chi connectivity index (χ2v) is 5.42. The van der Waals surface area contributed by atoms with Crippen LogP contribution in [0.3, 0.4) is 0 Å². The quantitative estimate of drug-likeness (QED) is 0.877. The standard InChI is InChI=1S/C17H21N3O/c1-12(2)20(11-15-6-4-5-9-19-15)17(21)16-10-14(18)8-7-13(16)3/h4-10,12H,11,18H2,1-3H3. The molecule has 1 aromatic carbocycles. The van der Waals surface area contributed by atoms with Gasteiger partial charge in [-0.15, -0.1) is 0 Å². The summed E-state index contributed by atoms with van der Waals surface area (Å²) in [6, 6.07) is 11.2. The molecule has 0 fully saturated rings. The third-order valence-corrected chi connectivity index (χ3v) is 3.43. The van der Waals surface area contributed by atoms with Crippen LogP contribution in [0.1, 0.15) is 35.5 Å². The first-order valence-electron chi connectivity index (χ1n) is 7.06. The van der Waals surface area contributed by atoms with Crippen LogP contribution in [0.5, 0.6) is 0 Å². The highest BCUT2D eigenvalue weighted by atomic mass is 16.2. The average Bonchev–Trinajstić information content (AvgIpc) is 2.47. The van der Waals surface area contributed by atoms with E-state index in [0.717, 1.165) is 11.3 Å². The van der Waals surface area contributed by atoms with E-state index in [1.807, 2.05) is 56.0 Å². The van der Waals surface area contributed by atoms with Crippen LogP contribution >= 0.6 is 0 Å². The zero-order chi connectivity index (χ0) is 15.4. The number of pyridine rings is 1. The number of nitrogen functional groups attached to an aromatic ring is 1. The largest absolute Gasteiger partial charge is 0.399 e. The molecule has 0 atom stereocenters. The molecule has 4 nitrogen and oxygen atoms in total. The van der Waals surface area contributed by atoms with Gasteiger partial charge in [0.1, 0.15) is 0 Å². The van der Waals surface area contributed by atoms with Crippen molar-refractivity contribution < 1.29 is 4.79 Å². The maximum Gasteiger partial charge on any atom is 0.254 e. The number of anilines is 1. The molecule has 0 saturated heterocycles. The van der Waals surface area contributed by atoms with Crippen molar-refractivity contribution in [3.8, 4) is 0 Å². The Kier molecular flexibility index (Phi) is 4.58. The van der Waals surface area contributed by atoms with Crippen molar-refractivity contribution in [2.45, 2.75) is 33.4 Å². The summed E-state index contributed by atoms with van der Waals surface area (Å²) < 4.78 is 0. The molecule has 2 aromatic rings. The van der Waals surface area contributed by atoms with Crippen molar-refractivity contribution in [1.29, 1.82) is 0 Å². The van der Waals surface area contributed by atoms with Crippen molar-refractivity contribution in [3.63, 3.8) is 0 Å².